The number of phenolic OH excluding ortho intramolecular Hbond substituents is 1. The van der Waals surface area contributed by atoms with Crippen LogP contribution < -0.4 is 0 Å². The van der Waals surface area contributed by atoms with Crippen molar-refractivity contribution in [3.63, 3.8) is 0 Å². The summed E-state index contributed by atoms with van der Waals surface area (Å²) in [7, 11) is 3.67. The highest BCUT2D eigenvalue weighted by atomic mass is 32.1. The second-order valence-corrected chi connectivity index (χ2v) is 5.30. The fourth-order valence-electron chi connectivity index (χ4n) is 1.64. The van der Waals surface area contributed by atoms with Crippen LogP contribution in [-0.4, -0.2) is 29.9 Å². The monoisotopic (exact) mass is 273 g/mol. The van der Waals surface area contributed by atoms with Crippen molar-refractivity contribution in [1.29, 1.82) is 0 Å². The minimum Gasteiger partial charge on any atom is -0.507 e. The maximum Gasteiger partial charge on any atom is 0.190 e. The largest absolute Gasteiger partial charge is 0.507 e. The van der Waals surface area contributed by atoms with Crippen LogP contribution in [0.4, 0.5) is 0 Å². The summed E-state index contributed by atoms with van der Waals surface area (Å²) in [4.78, 5) is 14.7. The van der Waals surface area contributed by atoms with Gasteiger partial charge in [0.25, 0.3) is 0 Å². The van der Waals surface area contributed by atoms with E-state index >= 15 is 0 Å². The van der Waals surface area contributed by atoms with Crippen LogP contribution in [0, 0.1) is 0 Å². The molecule has 0 aliphatic heterocycles. The number of thiophene rings is 1. The fraction of sp³-hybridized carbons (Fsp3) is 0.133. The van der Waals surface area contributed by atoms with Crippen molar-refractivity contribution in [2.45, 2.75) is 0 Å². The van der Waals surface area contributed by atoms with Gasteiger partial charge in [-0.05, 0) is 29.1 Å². The lowest BCUT2D eigenvalue weighted by atomic mass is 10.1. The molecule has 0 amide bonds. The molecule has 0 unspecified atom stereocenters. The van der Waals surface area contributed by atoms with Crippen molar-refractivity contribution in [2.24, 2.45) is 0 Å². The summed E-state index contributed by atoms with van der Waals surface area (Å²) in [6.45, 7) is 0. The molecule has 1 aromatic heterocycles. The van der Waals surface area contributed by atoms with E-state index in [1.165, 1.54) is 6.08 Å². The third-order valence-corrected chi connectivity index (χ3v) is 3.51. The van der Waals surface area contributed by atoms with Gasteiger partial charge in [-0.15, -0.1) is 11.3 Å². The van der Waals surface area contributed by atoms with Gasteiger partial charge in [0.2, 0.25) is 0 Å². The van der Waals surface area contributed by atoms with E-state index in [9.17, 15) is 9.90 Å². The van der Waals surface area contributed by atoms with Crippen molar-refractivity contribution in [3.8, 4) is 16.2 Å². The predicted octanol–water partition coefficient (Wildman–Crippen LogP) is 3.38. The van der Waals surface area contributed by atoms with Crippen molar-refractivity contribution < 1.29 is 9.90 Å². The molecule has 19 heavy (non-hydrogen) atoms. The molecule has 0 aliphatic carbocycles. The van der Waals surface area contributed by atoms with Gasteiger partial charge < -0.3 is 10.0 Å². The summed E-state index contributed by atoms with van der Waals surface area (Å²) in [5.74, 6) is -0.191. The first kappa shape index (κ1) is 13.4. The van der Waals surface area contributed by atoms with E-state index in [4.69, 9.17) is 0 Å². The molecule has 0 spiro atoms. The van der Waals surface area contributed by atoms with Gasteiger partial charge in [-0.25, -0.2) is 0 Å². The van der Waals surface area contributed by atoms with Crippen LogP contribution >= 0.6 is 11.3 Å². The summed E-state index contributed by atoms with van der Waals surface area (Å²) in [6, 6.07) is 9.07. The van der Waals surface area contributed by atoms with Crippen LogP contribution in [-0.2, 0) is 0 Å². The van der Waals surface area contributed by atoms with Crippen LogP contribution in [0.2, 0.25) is 0 Å². The predicted molar refractivity (Wildman–Crippen MR) is 78.6 cm³/mol. The Hall–Kier alpha value is -2.07. The SMILES string of the molecule is CN(C)/C=C/C(=O)c1ccc(-c2cccs2)cc1O. The topological polar surface area (TPSA) is 40.5 Å². The second kappa shape index (κ2) is 5.71. The fourth-order valence-corrected chi connectivity index (χ4v) is 2.37. The smallest absolute Gasteiger partial charge is 0.190 e. The molecular formula is C15H15NO2S. The Balaban J connectivity index is 2.27. The molecule has 1 aromatic carbocycles. The first-order valence-corrected chi connectivity index (χ1v) is 6.72. The van der Waals surface area contributed by atoms with Crippen LogP contribution in [0.1, 0.15) is 10.4 Å². The Morgan fingerprint density at radius 3 is 2.68 bits per heavy atom. The molecule has 0 atom stereocenters. The average Bonchev–Trinajstić information content (AvgIpc) is 2.89. The van der Waals surface area contributed by atoms with Gasteiger partial charge in [0.15, 0.2) is 5.78 Å². The van der Waals surface area contributed by atoms with E-state index in [1.807, 2.05) is 37.7 Å². The summed E-state index contributed by atoms with van der Waals surface area (Å²) < 4.78 is 0. The molecule has 0 saturated heterocycles. The number of aromatic hydroxyl groups is 1. The molecule has 0 radical (unpaired) electrons. The van der Waals surface area contributed by atoms with Gasteiger partial charge in [-0.2, -0.15) is 0 Å². The van der Waals surface area contributed by atoms with Gasteiger partial charge in [0.1, 0.15) is 5.75 Å². The summed E-state index contributed by atoms with van der Waals surface area (Å²) in [5, 5.41) is 11.9. The molecule has 1 heterocycles. The van der Waals surface area contributed by atoms with E-state index in [-0.39, 0.29) is 11.5 Å². The molecule has 0 fully saturated rings. The van der Waals surface area contributed by atoms with Gasteiger partial charge in [0, 0.05) is 31.2 Å². The van der Waals surface area contributed by atoms with Crippen molar-refractivity contribution >= 4 is 17.1 Å². The lowest BCUT2D eigenvalue weighted by Gasteiger charge is -2.05. The van der Waals surface area contributed by atoms with Gasteiger partial charge in [-0.3, -0.25) is 4.79 Å². The molecule has 2 aromatic rings. The van der Waals surface area contributed by atoms with E-state index < -0.39 is 0 Å². The molecule has 0 saturated carbocycles. The molecule has 3 nitrogen and oxygen atoms in total. The molecule has 98 valence electrons. The average molecular weight is 273 g/mol. The van der Waals surface area contributed by atoms with E-state index in [0.717, 1.165) is 10.4 Å². The zero-order chi connectivity index (χ0) is 13.8. The van der Waals surface area contributed by atoms with Crippen molar-refractivity contribution in [2.75, 3.05) is 14.1 Å². The summed E-state index contributed by atoms with van der Waals surface area (Å²) >= 11 is 1.60. The number of allylic oxidation sites excluding steroid dienone is 1. The number of phenols is 1. The number of hydrogen-bond donors (Lipinski definition) is 1. The maximum atomic E-state index is 11.9. The number of benzene rings is 1. The molecule has 0 aliphatic rings. The minimum absolute atomic E-state index is 0.0132. The van der Waals surface area contributed by atoms with Gasteiger partial charge in [0.05, 0.1) is 5.56 Å². The van der Waals surface area contributed by atoms with Gasteiger partial charge >= 0.3 is 0 Å². The molecule has 4 heteroatoms. The Bertz CT molecular complexity index is 601. The van der Waals surface area contributed by atoms with Crippen LogP contribution in [0.3, 0.4) is 0 Å². The van der Waals surface area contributed by atoms with Crippen molar-refractivity contribution in [3.05, 3.63) is 53.6 Å². The quantitative estimate of drug-likeness (QED) is 0.686. The lowest BCUT2D eigenvalue weighted by Crippen LogP contribution is -2.03. The first-order chi connectivity index (χ1) is 9.08. The number of nitrogens with zero attached hydrogens (tertiary/aromatic N) is 1. The van der Waals surface area contributed by atoms with E-state index in [2.05, 4.69) is 0 Å². The molecule has 0 bridgehead atoms. The minimum atomic E-state index is -0.205. The Morgan fingerprint density at radius 2 is 2.11 bits per heavy atom. The molecule has 2 rings (SSSR count). The normalized spacial score (nSPS) is 10.8. The number of rotatable bonds is 4. The second-order valence-electron chi connectivity index (χ2n) is 4.35. The highest BCUT2D eigenvalue weighted by Gasteiger charge is 2.10. The number of hydrogen-bond acceptors (Lipinski definition) is 4. The number of carbonyl (C=O) groups excluding carboxylic acids is 1. The standard InChI is InChI=1S/C15H15NO2S/c1-16(2)8-7-13(17)12-6-5-11(10-14(12)18)15-4-3-9-19-15/h3-10,18H,1-2H3/b8-7+. The molecule has 1 N–H and O–H groups in total. The van der Waals surface area contributed by atoms with Gasteiger partial charge in [-0.1, -0.05) is 12.1 Å². The summed E-state index contributed by atoms with van der Waals surface area (Å²) in [5.41, 5.74) is 1.24. The Morgan fingerprint density at radius 1 is 1.32 bits per heavy atom. The van der Waals surface area contributed by atoms with Crippen LogP contribution in [0.5, 0.6) is 5.75 Å². The Kier molecular flexibility index (Phi) is 4.02. The van der Waals surface area contributed by atoms with Crippen LogP contribution in [0.15, 0.2) is 48.0 Å². The van der Waals surface area contributed by atoms with Crippen LogP contribution in [0.25, 0.3) is 10.4 Å². The Labute approximate surface area is 116 Å². The maximum absolute atomic E-state index is 11.9. The molecular weight excluding hydrogens is 258 g/mol. The number of ketones is 1. The third kappa shape index (κ3) is 3.23. The zero-order valence-electron chi connectivity index (χ0n) is 10.8. The van der Waals surface area contributed by atoms with E-state index in [0.29, 0.717) is 5.56 Å². The van der Waals surface area contributed by atoms with E-state index in [1.54, 1.807) is 34.6 Å². The highest BCUT2D eigenvalue weighted by Crippen LogP contribution is 2.29. The highest BCUT2D eigenvalue weighted by molar-refractivity contribution is 7.13. The number of carbonyl (C=O) groups is 1. The third-order valence-electron chi connectivity index (χ3n) is 2.59. The summed E-state index contributed by atoms with van der Waals surface area (Å²) in [6.07, 6.45) is 3.11. The first-order valence-electron chi connectivity index (χ1n) is 5.84. The van der Waals surface area contributed by atoms with Crippen molar-refractivity contribution in [1.82, 2.24) is 4.90 Å². The zero-order valence-corrected chi connectivity index (χ0v) is 11.6. The lowest BCUT2D eigenvalue weighted by molar-refractivity contribution is 0.104.